The molecule has 1 aliphatic rings. The number of hydrogen-bond acceptors (Lipinski definition) is 3. The second kappa shape index (κ2) is 8.53. The van der Waals surface area contributed by atoms with Crippen LogP contribution in [-0.2, 0) is 13.0 Å². The highest BCUT2D eigenvalue weighted by molar-refractivity contribution is 5.89. The molecule has 0 spiro atoms. The topological polar surface area (TPSA) is 64.6 Å². The predicted molar refractivity (Wildman–Crippen MR) is 101 cm³/mol. The van der Waals surface area contributed by atoms with Crippen LogP contribution >= 0.6 is 0 Å². The van der Waals surface area contributed by atoms with Crippen LogP contribution in [0.2, 0.25) is 0 Å². The van der Waals surface area contributed by atoms with Gasteiger partial charge >= 0.3 is 6.03 Å². The quantitative estimate of drug-likeness (QED) is 0.757. The van der Waals surface area contributed by atoms with E-state index in [0.29, 0.717) is 6.54 Å². The van der Waals surface area contributed by atoms with E-state index in [9.17, 15) is 4.79 Å². The number of aliphatic hydroxyl groups is 1. The molecule has 0 aromatic heterocycles. The zero-order valence-electron chi connectivity index (χ0n) is 14.4. The van der Waals surface area contributed by atoms with Crippen LogP contribution in [0.4, 0.5) is 16.2 Å². The Hall–Kier alpha value is -2.53. The van der Waals surface area contributed by atoms with E-state index >= 15 is 0 Å². The van der Waals surface area contributed by atoms with Crippen LogP contribution in [-0.4, -0.2) is 30.8 Å². The summed E-state index contributed by atoms with van der Waals surface area (Å²) in [4.78, 5) is 14.4. The van der Waals surface area contributed by atoms with Crippen LogP contribution in [0.25, 0.3) is 0 Å². The van der Waals surface area contributed by atoms with Crippen LogP contribution < -0.4 is 15.5 Å². The van der Waals surface area contributed by atoms with Crippen LogP contribution in [0.5, 0.6) is 0 Å². The molecule has 25 heavy (non-hydrogen) atoms. The first-order valence-electron chi connectivity index (χ1n) is 8.83. The minimum atomic E-state index is -0.189. The lowest BCUT2D eigenvalue weighted by Gasteiger charge is -2.18. The van der Waals surface area contributed by atoms with Gasteiger partial charge in [0.2, 0.25) is 0 Å². The summed E-state index contributed by atoms with van der Waals surface area (Å²) in [6, 6.07) is 15.6. The van der Waals surface area contributed by atoms with Gasteiger partial charge in [-0.2, -0.15) is 0 Å². The third-order valence-corrected chi connectivity index (χ3v) is 4.48. The molecular weight excluding hydrogens is 314 g/mol. The number of carbonyl (C=O) groups is 1. The highest BCUT2D eigenvalue weighted by atomic mass is 16.3. The number of hydrogen-bond donors (Lipinski definition) is 3. The van der Waals surface area contributed by atoms with Gasteiger partial charge < -0.3 is 20.6 Å². The molecule has 2 aromatic carbocycles. The smallest absolute Gasteiger partial charge is 0.319 e. The molecule has 0 atom stereocenters. The molecule has 0 bridgehead atoms. The van der Waals surface area contributed by atoms with Crippen molar-refractivity contribution in [3.05, 3.63) is 59.7 Å². The molecule has 2 aromatic rings. The molecule has 1 heterocycles. The van der Waals surface area contributed by atoms with Crippen molar-refractivity contribution in [2.75, 3.05) is 29.9 Å². The maximum absolute atomic E-state index is 12.1. The Labute approximate surface area is 148 Å². The molecule has 132 valence electrons. The maximum atomic E-state index is 12.1. The number of nitrogens with one attached hydrogen (secondary N) is 2. The minimum Gasteiger partial charge on any atom is -0.392 e. The number of nitrogens with zero attached hydrogens (tertiary/aromatic N) is 1. The molecule has 1 fully saturated rings. The van der Waals surface area contributed by atoms with Crippen LogP contribution in [0.3, 0.4) is 0 Å². The molecule has 1 saturated heterocycles. The lowest BCUT2D eigenvalue weighted by Crippen LogP contribution is -2.30. The van der Waals surface area contributed by atoms with Crippen molar-refractivity contribution in [1.82, 2.24) is 5.32 Å². The third-order valence-electron chi connectivity index (χ3n) is 4.48. The van der Waals surface area contributed by atoms with Crippen molar-refractivity contribution in [2.45, 2.75) is 25.9 Å². The first kappa shape index (κ1) is 17.3. The van der Waals surface area contributed by atoms with E-state index in [1.54, 1.807) is 0 Å². The Morgan fingerprint density at radius 2 is 1.76 bits per heavy atom. The first-order chi connectivity index (χ1) is 12.2. The van der Waals surface area contributed by atoms with E-state index < -0.39 is 0 Å². The van der Waals surface area contributed by atoms with Gasteiger partial charge in [0.15, 0.2) is 0 Å². The SMILES string of the molecule is O=C(NCCc1ccc(CO)cc1)Nc1cccc(N2CCCC2)c1. The predicted octanol–water partition coefficient (Wildman–Crippen LogP) is 3.14. The second-order valence-electron chi connectivity index (χ2n) is 6.35. The number of amides is 2. The lowest BCUT2D eigenvalue weighted by molar-refractivity contribution is 0.252. The Kier molecular flexibility index (Phi) is 5.90. The molecule has 0 radical (unpaired) electrons. The Morgan fingerprint density at radius 1 is 1.04 bits per heavy atom. The average Bonchev–Trinajstić information content (AvgIpc) is 3.17. The van der Waals surface area contributed by atoms with Crippen molar-refractivity contribution in [1.29, 1.82) is 0 Å². The van der Waals surface area contributed by atoms with Crippen molar-refractivity contribution in [3.8, 4) is 0 Å². The van der Waals surface area contributed by atoms with Crippen molar-refractivity contribution >= 4 is 17.4 Å². The molecule has 5 heteroatoms. The summed E-state index contributed by atoms with van der Waals surface area (Å²) in [5.41, 5.74) is 4.01. The Balaban J connectivity index is 1.46. The maximum Gasteiger partial charge on any atom is 0.319 e. The number of carbonyl (C=O) groups excluding carboxylic acids is 1. The van der Waals surface area contributed by atoms with Gasteiger partial charge in [0.05, 0.1) is 6.61 Å². The van der Waals surface area contributed by atoms with Crippen molar-refractivity contribution < 1.29 is 9.90 Å². The second-order valence-corrected chi connectivity index (χ2v) is 6.35. The number of urea groups is 1. The van der Waals surface area contributed by atoms with Crippen molar-refractivity contribution in [2.24, 2.45) is 0 Å². The molecule has 5 nitrogen and oxygen atoms in total. The molecule has 0 aliphatic carbocycles. The summed E-state index contributed by atoms with van der Waals surface area (Å²) in [6.45, 7) is 2.79. The molecule has 0 saturated carbocycles. The lowest BCUT2D eigenvalue weighted by atomic mass is 10.1. The van der Waals surface area contributed by atoms with E-state index in [2.05, 4.69) is 21.6 Å². The van der Waals surface area contributed by atoms with E-state index in [1.807, 2.05) is 42.5 Å². The number of rotatable bonds is 6. The highest BCUT2D eigenvalue weighted by Gasteiger charge is 2.12. The molecule has 1 aliphatic heterocycles. The number of benzene rings is 2. The van der Waals surface area contributed by atoms with Gasteiger partial charge in [-0.1, -0.05) is 30.3 Å². The van der Waals surface area contributed by atoms with Gasteiger partial charge in [-0.25, -0.2) is 4.79 Å². The summed E-state index contributed by atoms with van der Waals surface area (Å²) >= 11 is 0. The first-order valence-corrected chi connectivity index (χ1v) is 8.83. The van der Waals surface area contributed by atoms with Gasteiger partial charge in [0.25, 0.3) is 0 Å². The summed E-state index contributed by atoms with van der Waals surface area (Å²) in [5, 5.41) is 14.8. The van der Waals surface area contributed by atoms with Gasteiger partial charge in [0, 0.05) is 31.0 Å². The monoisotopic (exact) mass is 339 g/mol. The minimum absolute atomic E-state index is 0.0530. The standard InChI is InChI=1S/C20H25N3O2/c24-15-17-8-6-16(7-9-17)10-11-21-20(25)22-18-4-3-5-19(14-18)23-12-1-2-13-23/h3-9,14,24H,1-2,10-13,15H2,(H2,21,22,25). The van der Waals surface area contributed by atoms with E-state index in [4.69, 9.17) is 5.11 Å². The van der Waals surface area contributed by atoms with Crippen LogP contribution in [0, 0.1) is 0 Å². The Bertz CT molecular complexity index is 694. The van der Waals surface area contributed by atoms with Gasteiger partial charge in [0.1, 0.15) is 0 Å². The number of anilines is 2. The van der Waals surface area contributed by atoms with Gasteiger partial charge in [-0.15, -0.1) is 0 Å². The van der Waals surface area contributed by atoms with Gasteiger partial charge in [-0.05, 0) is 48.6 Å². The summed E-state index contributed by atoms with van der Waals surface area (Å²) < 4.78 is 0. The summed E-state index contributed by atoms with van der Waals surface area (Å²) in [5.74, 6) is 0. The molecule has 2 amide bonds. The van der Waals surface area contributed by atoms with E-state index in [1.165, 1.54) is 18.5 Å². The molecule has 3 N–H and O–H groups in total. The van der Waals surface area contributed by atoms with E-state index in [0.717, 1.165) is 36.3 Å². The molecule has 0 unspecified atom stereocenters. The van der Waals surface area contributed by atoms with Crippen LogP contribution in [0.1, 0.15) is 24.0 Å². The largest absolute Gasteiger partial charge is 0.392 e. The third kappa shape index (κ3) is 4.97. The summed E-state index contributed by atoms with van der Waals surface area (Å²) in [7, 11) is 0. The zero-order valence-corrected chi connectivity index (χ0v) is 14.4. The fourth-order valence-corrected chi connectivity index (χ4v) is 3.06. The number of aliphatic hydroxyl groups excluding tert-OH is 1. The van der Waals surface area contributed by atoms with E-state index in [-0.39, 0.29) is 12.6 Å². The fraction of sp³-hybridized carbons (Fsp3) is 0.350. The average molecular weight is 339 g/mol. The summed E-state index contributed by atoms with van der Waals surface area (Å²) in [6.07, 6.45) is 3.22. The Morgan fingerprint density at radius 3 is 2.48 bits per heavy atom. The van der Waals surface area contributed by atoms with Gasteiger partial charge in [-0.3, -0.25) is 0 Å². The fourth-order valence-electron chi connectivity index (χ4n) is 3.06. The molecule has 3 rings (SSSR count). The highest BCUT2D eigenvalue weighted by Crippen LogP contribution is 2.23. The van der Waals surface area contributed by atoms with Crippen LogP contribution in [0.15, 0.2) is 48.5 Å². The molecular formula is C20H25N3O2. The zero-order chi connectivity index (χ0) is 17.5. The normalized spacial score (nSPS) is 13.7. The van der Waals surface area contributed by atoms with Crippen molar-refractivity contribution in [3.63, 3.8) is 0 Å².